The molecule has 0 bridgehead atoms. The number of piperidine rings is 1. The zero-order valence-corrected chi connectivity index (χ0v) is 15.0. The summed E-state index contributed by atoms with van der Waals surface area (Å²) >= 11 is 0. The predicted octanol–water partition coefficient (Wildman–Crippen LogP) is 3.08. The monoisotopic (exact) mass is 352 g/mol. The molecular weight excluding hydrogens is 328 g/mol. The number of ether oxygens (including phenoxy) is 1. The molecule has 136 valence electrons. The molecule has 0 spiro atoms. The van der Waals surface area contributed by atoms with Crippen molar-refractivity contribution < 1.29 is 9.53 Å². The maximum Gasteiger partial charge on any atom is 0.253 e. The number of benzene rings is 1. The van der Waals surface area contributed by atoms with Crippen LogP contribution in [0, 0.1) is 0 Å². The summed E-state index contributed by atoms with van der Waals surface area (Å²) in [7, 11) is 1.63. The summed E-state index contributed by atoms with van der Waals surface area (Å²) in [5, 5.41) is 3.36. The number of methoxy groups -OCH3 is 1. The zero-order valence-electron chi connectivity index (χ0n) is 15.0. The standard InChI is InChI=1S/C20H24N4O2/c1-26-17-6-2-15(3-7-17)19(25)24-12-9-14(10-13-24)18-8-11-21-20(23-18)22-16-4-5-16/h2-3,6-8,11,14,16H,4-5,9-10,12-13H2,1H3,(H,21,22,23). The minimum atomic E-state index is 0.0879. The van der Waals surface area contributed by atoms with Crippen LogP contribution in [0.15, 0.2) is 36.5 Å². The Kier molecular flexibility index (Phi) is 4.73. The van der Waals surface area contributed by atoms with Crippen molar-refractivity contribution in [3.05, 3.63) is 47.8 Å². The summed E-state index contributed by atoms with van der Waals surface area (Å²) in [6, 6.07) is 9.86. The highest BCUT2D eigenvalue weighted by Crippen LogP contribution is 2.29. The smallest absolute Gasteiger partial charge is 0.253 e. The van der Waals surface area contributed by atoms with Gasteiger partial charge in [0.05, 0.1) is 7.11 Å². The van der Waals surface area contributed by atoms with Crippen molar-refractivity contribution >= 4 is 11.9 Å². The summed E-state index contributed by atoms with van der Waals surface area (Å²) in [6.07, 6.45) is 6.12. The van der Waals surface area contributed by atoms with Gasteiger partial charge in [-0.3, -0.25) is 4.79 Å². The number of anilines is 1. The SMILES string of the molecule is COc1ccc(C(=O)N2CCC(c3ccnc(NC4CC4)n3)CC2)cc1. The molecule has 1 N–H and O–H groups in total. The third-order valence-electron chi connectivity index (χ3n) is 5.13. The molecule has 1 aliphatic carbocycles. The first-order valence-electron chi connectivity index (χ1n) is 9.26. The lowest BCUT2D eigenvalue weighted by Gasteiger charge is -2.32. The molecule has 1 amide bonds. The number of aromatic nitrogens is 2. The molecule has 2 aromatic rings. The van der Waals surface area contributed by atoms with Crippen molar-refractivity contribution in [2.24, 2.45) is 0 Å². The van der Waals surface area contributed by atoms with Crippen LogP contribution in [-0.4, -0.2) is 47.0 Å². The van der Waals surface area contributed by atoms with Gasteiger partial charge in [0.25, 0.3) is 5.91 Å². The van der Waals surface area contributed by atoms with Gasteiger partial charge < -0.3 is 15.0 Å². The van der Waals surface area contributed by atoms with Gasteiger partial charge in [-0.25, -0.2) is 9.97 Å². The first kappa shape index (κ1) is 16.8. The molecule has 1 aromatic heterocycles. The summed E-state index contributed by atoms with van der Waals surface area (Å²) < 4.78 is 5.15. The maximum atomic E-state index is 12.7. The molecule has 1 saturated heterocycles. The third-order valence-corrected chi connectivity index (χ3v) is 5.13. The van der Waals surface area contributed by atoms with Crippen molar-refractivity contribution in [3.63, 3.8) is 0 Å². The molecule has 0 atom stereocenters. The Labute approximate surface area is 153 Å². The Morgan fingerprint density at radius 1 is 1.12 bits per heavy atom. The molecule has 2 heterocycles. The van der Waals surface area contributed by atoms with Crippen LogP contribution in [-0.2, 0) is 0 Å². The van der Waals surface area contributed by atoms with Crippen molar-refractivity contribution in [2.45, 2.75) is 37.6 Å². The molecule has 1 saturated carbocycles. The van der Waals surface area contributed by atoms with Crippen molar-refractivity contribution in [1.29, 1.82) is 0 Å². The highest BCUT2D eigenvalue weighted by atomic mass is 16.5. The van der Waals surface area contributed by atoms with Gasteiger partial charge in [0.2, 0.25) is 5.95 Å². The Bertz CT molecular complexity index is 766. The largest absolute Gasteiger partial charge is 0.497 e. The van der Waals surface area contributed by atoms with Gasteiger partial charge in [-0.05, 0) is 56.0 Å². The lowest BCUT2D eigenvalue weighted by Crippen LogP contribution is -2.38. The fourth-order valence-corrected chi connectivity index (χ4v) is 3.37. The fraction of sp³-hybridized carbons (Fsp3) is 0.450. The number of hydrogen-bond donors (Lipinski definition) is 1. The van der Waals surface area contributed by atoms with Crippen LogP contribution in [0.2, 0.25) is 0 Å². The normalized spacial score (nSPS) is 17.8. The minimum Gasteiger partial charge on any atom is -0.497 e. The van der Waals surface area contributed by atoms with E-state index >= 15 is 0 Å². The number of likely N-dealkylation sites (tertiary alicyclic amines) is 1. The van der Waals surface area contributed by atoms with E-state index in [1.165, 1.54) is 12.8 Å². The third kappa shape index (κ3) is 3.79. The second-order valence-corrected chi connectivity index (χ2v) is 7.02. The van der Waals surface area contributed by atoms with Crippen LogP contribution in [0.4, 0.5) is 5.95 Å². The first-order valence-corrected chi connectivity index (χ1v) is 9.26. The Hall–Kier alpha value is -2.63. The topological polar surface area (TPSA) is 67.3 Å². The van der Waals surface area contributed by atoms with Gasteiger partial charge in [-0.2, -0.15) is 0 Å². The van der Waals surface area contributed by atoms with Crippen molar-refractivity contribution in [2.75, 3.05) is 25.5 Å². The quantitative estimate of drug-likeness (QED) is 0.896. The molecule has 26 heavy (non-hydrogen) atoms. The van der Waals surface area contributed by atoms with Crippen molar-refractivity contribution in [3.8, 4) is 5.75 Å². The van der Waals surface area contributed by atoms with Gasteiger partial charge >= 0.3 is 0 Å². The van der Waals surface area contributed by atoms with E-state index in [0.29, 0.717) is 17.5 Å². The van der Waals surface area contributed by atoms with E-state index in [1.807, 2.05) is 41.4 Å². The molecular formula is C20H24N4O2. The lowest BCUT2D eigenvalue weighted by molar-refractivity contribution is 0.0712. The average molecular weight is 352 g/mol. The van der Waals surface area contributed by atoms with Crippen molar-refractivity contribution in [1.82, 2.24) is 14.9 Å². The van der Waals surface area contributed by atoms with E-state index in [1.54, 1.807) is 7.11 Å². The molecule has 2 aliphatic rings. The van der Waals surface area contributed by atoms with E-state index in [9.17, 15) is 4.79 Å². The predicted molar refractivity (Wildman–Crippen MR) is 99.5 cm³/mol. The molecule has 4 rings (SSSR count). The van der Waals surface area contributed by atoms with E-state index in [4.69, 9.17) is 4.74 Å². The number of amides is 1. The second-order valence-electron chi connectivity index (χ2n) is 7.02. The number of carbonyl (C=O) groups excluding carboxylic acids is 1. The molecule has 1 aromatic carbocycles. The van der Waals surface area contributed by atoms with E-state index in [-0.39, 0.29) is 5.91 Å². The summed E-state index contributed by atoms with van der Waals surface area (Å²) in [5.74, 6) is 1.98. The van der Waals surface area contributed by atoms with Crippen LogP contribution in [0.5, 0.6) is 5.75 Å². The van der Waals surface area contributed by atoms with Gasteiger partial charge in [0, 0.05) is 42.5 Å². The molecule has 2 fully saturated rings. The number of rotatable bonds is 5. The number of nitrogens with one attached hydrogen (secondary N) is 1. The number of hydrogen-bond acceptors (Lipinski definition) is 5. The summed E-state index contributed by atoms with van der Waals surface area (Å²) in [5.41, 5.74) is 1.79. The number of carbonyl (C=O) groups is 1. The van der Waals surface area contributed by atoms with Gasteiger partial charge in [0.1, 0.15) is 5.75 Å². The van der Waals surface area contributed by atoms with Gasteiger partial charge in [-0.15, -0.1) is 0 Å². The van der Waals surface area contributed by atoms with Gasteiger partial charge in [-0.1, -0.05) is 0 Å². The second kappa shape index (κ2) is 7.32. The van der Waals surface area contributed by atoms with Gasteiger partial charge in [0.15, 0.2) is 0 Å². The molecule has 1 aliphatic heterocycles. The molecule has 6 heteroatoms. The lowest BCUT2D eigenvalue weighted by atomic mass is 9.93. The van der Waals surface area contributed by atoms with E-state index < -0.39 is 0 Å². The van der Waals surface area contributed by atoms with Crippen LogP contribution in [0.3, 0.4) is 0 Å². The van der Waals surface area contributed by atoms with Crippen LogP contribution >= 0.6 is 0 Å². The molecule has 0 radical (unpaired) electrons. The Morgan fingerprint density at radius 3 is 2.50 bits per heavy atom. The maximum absolute atomic E-state index is 12.7. The first-order chi connectivity index (χ1) is 12.7. The van der Waals surface area contributed by atoms with Crippen LogP contribution in [0.1, 0.15) is 47.7 Å². The number of nitrogens with zero attached hydrogens (tertiary/aromatic N) is 3. The van der Waals surface area contributed by atoms with E-state index in [0.717, 1.165) is 43.3 Å². The molecule has 6 nitrogen and oxygen atoms in total. The highest BCUT2D eigenvalue weighted by Gasteiger charge is 2.26. The fourth-order valence-electron chi connectivity index (χ4n) is 3.37. The summed E-state index contributed by atoms with van der Waals surface area (Å²) in [4.78, 5) is 23.6. The van der Waals surface area contributed by atoms with Crippen LogP contribution in [0.25, 0.3) is 0 Å². The van der Waals surface area contributed by atoms with E-state index in [2.05, 4.69) is 15.3 Å². The average Bonchev–Trinajstić information content (AvgIpc) is 3.52. The summed E-state index contributed by atoms with van der Waals surface area (Å²) in [6.45, 7) is 1.51. The van der Waals surface area contributed by atoms with Crippen LogP contribution < -0.4 is 10.1 Å². The minimum absolute atomic E-state index is 0.0879. The highest BCUT2D eigenvalue weighted by molar-refractivity contribution is 5.94. The molecule has 0 unspecified atom stereocenters. The Morgan fingerprint density at radius 2 is 1.85 bits per heavy atom. The zero-order chi connectivity index (χ0) is 17.9. The Balaban J connectivity index is 1.36.